The third kappa shape index (κ3) is 7.88. The molecular formula is C7H14BrClN2. The van der Waals surface area contributed by atoms with Crippen LogP contribution in [0.3, 0.4) is 0 Å². The predicted molar refractivity (Wildman–Crippen MR) is 57.2 cm³/mol. The zero-order valence-electron chi connectivity index (χ0n) is 7.04. The van der Waals surface area contributed by atoms with Crippen LogP contribution in [0.25, 0.3) is 0 Å². The van der Waals surface area contributed by atoms with Gasteiger partial charge in [-0.3, -0.25) is 4.99 Å². The summed E-state index contributed by atoms with van der Waals surface area (Å²) in [7, 11) is 5.75. The summed E-state index contributed by atoms with van der Waals surface area (Å²) in [4.78, 5) is 5.91. The number of aliphatic imine (C=N–C) groups is 1. The van der Waals surface area contributed by atoms with Crippen LogP contribution in [0, 0.1) is 0 Å². The van der Waals surface area contributed by atoms with E-state index in [4.69, 9.17) is 0 Å². The first-order chi connectivity index (χ1) is 4.70. The molecule has 0 radical (unpaired) electrons. The highest BCUT2D eigenvalue weighted by atomic mass is 79.9. The van der Waals surface area contributed by atoms with Crippen LogP contribution < -0.4 is 0 Å². The summed E-state index contributed by atoms with van der Waals surface area (Å²) in [6, 6.07) is 0. The van der Waals surface area contributed by atoms with Crippen molar-refractivity contribution in [2.24, 2.45) is 4.99 Å². The molecule has 0 saturated carbocycles. The molecule has 0 fully saturated rings. The van der Waals surface area contributed by atoms with E-state index in [1.54, 1.807) is 7.05 Å². The minimum absolute atomic E-state index is 0. The van der Waals surface area contributed by atoms with Gasteiger partial charge in [-0.2, -0.15) is 0 Å². The van der Waals surface area contributed by atoms with Gasteiger partial charge in [0.25, 0.3) is 0 Å². The molecule has 66 valence electrons. The molecule has 0 aliphatic rings. The van der Waals surface area contributed by atoms with Gasteiger partial charge in [-0.1, -0.05) is 15.9 Å². The van der Waals surface area contributed by atoms with Crippen molar-refractivity contribution in [3.8, 4) is 0 Å². The molecule has 0 atom stereocenters. The van der Waals surface area contributed by atoms with Crippen LogP contribution in [0.15, 0.2) is 16.8 Å². The van der Waals surface area contributed by atoms with Gasteiger partial charge in [-0.15, -0.1) is 12.4 Å². The molecule has 4 heteroatoms. The van der Waals surface area contributed by atoms with Gasteiger partial charge in [0.05, 0.1) is 0 Å². The normalized spacial score (nSPS) is 11.5. The van der Waals surface area contributed by atoms with E-state index in [0.29, 0.717) is 0 Å². The van der Waals surface area contributed by atoms with Crippen molar-refractivity contribution in [1.82, 2.24) is 4.90 Å². The molecular weight excluding hydrogens is 227 g/mol. The van der Waals surface area contributed by atoms with Crippen molar-refractivity contribution < 1.29 is 0 Å². The molecule has 0 bridgehead atoms. The van der Waals surface area contributed by atoms with Gasteiger partial charge in [-0.05, 0) is 5.57 Å². The predicted octanol–water partition coefficient (Wildman–Crippen LogP) is 1.95. The summed E-state index contributed by atoms with van der Waals surface area (Å²) >= 11 is 3.36. The Bertz CT molecular complexity index is 143. The second-order valence-corrected chi connectivity index (χ2v) is 2.75. The van der Waals surface area contributed by atoms with Gasteiger partial charge in [0.2, 0.25) is 0 Å². The van der Waals surface area contributed by atoms with Gasteiger partial charge in [-0.25, -0.2) is 0 Å². The summed E-state index contributed by atoms with van der Waals surface area (Å²) in [5.41, 5.74) is 1.17. The monoisotopic (exact) mass is 240 g/mol. The molecule has 0 heterocycles. The molecule has 0 aromatic heterocycles. The Balaban J connectivity index is 0. The topological polar surface area (TPSA) is 15.6 Å². The molecule has 11 heavy (non-hydrogen) atoms. The van der Waals surface area contributed by atoms with E-state index in [1.165, 1.54) is 5.57 Å². The molecule has 0 N–H and O–H groups in total. The van der Waals surface area contributed by atoms with Crippen molar-refractivity contribution in [3.63, 3.8) is 0 Å². The maximum Gasteiger partial charge on any atom is 0.0312 e. The molecule has 0 spiro atoms. The average Bonchev–Trinajstić information content (AvgIpc) is 1.86. The maximum absolute atomic E-state index is 3.91. The van der Waals surface area contributed by atoms with Gasteiger partial charge in [0, 0.05) is 38.9 Å². The quantitative estimate of drug-likeness (QED) is 0.545. The molecule has 0 amide bonds. The fraction of sp³-hybridized carbons (Fsp3) is 0.571. The zero-order valence-corrected chi connectivity index (χ0v) is 9.44. The van der Waals surface area contributed by atoms with Gasteiger partial charge < -0.3 is 4.90 Å². The Kier molecular flexibility index (Phi) is 9.96. The first-order valence-corrected chi connectivity index (χ1v) is 4.18. The number of allylic oxidation sites excluding steroid dienone is 1. The highest BCUT2D eigenvalue weighted by Gasteiger charge is 1.88. The molecule has 0 saturated heterocycles. The fourth-order valence-corrected chi connectivity index (χ4v) is 0.889. The SMILES string of the molecule is CN=CC(=CN(C)C)CBr.Cl. The molecule has 2 nitrogen and oxygen atoms in total. The molecule has 0 rings (SSSR count). The van der Waals surface area contributed by atoms with E-state index in [9.17, 15) is 0 Å². The highest BCUT2D eigenvalue weighted by molar-refractivity contribution is 9.09. The lowest BCUT2D eigenvalue weighted by molar-refractivity contribution is 0.561. The lowest BCUT2D eigenvalue weighted by Crippen LogP contribution is -2.04. The Hall–Kier alpha value is -0.0200. The van der Waals surface area contributed by atoms with Crippen molar-refractivity contribution in [2.75, 3.05) is 26.5 Å². The Morgan fingerprint density at radius 1 is 1.55 bits per heavy atom. The minimum Gasteiger partial charge on any atom is -0.383 e. The van der Waals surface area contributed by atoms with Crippen molar-refractivity contribution in [3.05, 3.63) is 11.8 Å². The third-order valence-corrected chi connectivity index (χ3v) is 1.52. The van der Waals surface area contributed by atoms with Crippen molar-refractivity contribution in [1.29, 1.82) is 0 Å². The highest BCUT2D eigenvalue weighted by Crippen LogP contribution is 1.96. The lowest BCUT2D eigenvalue weighted by atomic mass is 10.3. The van der Waals surface area contributed by atoms with E-state index >= 15 is 0 Å². The fourth-order valence-electron chi connectivity index (χ4n) is 0.600. The van der Waals surface area contributed by atoms with E-state index in [2.05, 4.69) is 20.9 Å². The number of nitrogens with zero attached hydrogens (tertiary/aromatic N) is 2. The maximum atomic E-state index is 3.91. The molecule has 0 aliphatic heterocycles. The standard InChI is InChI=1S/C7H13BrN2.ClH/c1-9-5-7(4-8)6-10(2)3;/h5-6H,4H2,1-3H3;1H. The number of hydrogen-bond donors (Lipinski definition) is 0. The molecule has 0 aromatic carbocycles. The van der Waals surface area contributed by atoms with Crippen LogP contribution in [0.1, 0.15) is 0 Å². The summed E-state index contributed by atoms with van der Waals surface area (Å²) in [6.45, 7) is 0. The second-order valence-electron chi connectivity index (χ2n) is 2.19. The first kappa shape index (κ1) is 13.6. The van der Waals surface area contributed by atoms with Crippen LogP contribution in [0.5, 0.6) is 0 Å². The largest absolute Gasteiger partial charge is 0.383 e. The van der Waals surface area contributed by atoms with Crippen molar-refractivity contribution in [2.45, 2.75) is 0 Å². The minimum atomic E-state index is 0. The van der Waals surface area contributed by atoms with Crippen LogP contribution in [-0.4, -0.2) is 37.6 Å². The number of hydrogen-bond acceptors (Lipinski definition) is 2. The third-order valence-electron chi connectivity index (χ3n) is 0.873. The van der Waals surface area contributed by atoms with E-state index in [1.807, 2.05) is 31.4 Å². The number of halogens is 2. The molecule has 0 unspecified atom stereocenters. The Morgan fingerprint density at radius 3 is 2.36 bits per heavy atom. The smallest absolute Gasteiger partial charge is 0.0312 e. The van der Waals surface area contributed by atoms with E-state index < -0.39 is 0 Å². The van der Waals surface area contributed by atoms with Crippen LogP contribution in [-0.2, 0) is 0 Å². The van der Waals surface area contributed by atoms with E-state index in [0.717, 1.165) is 5.33 Å². The number of alkyl halides is 1. The van der Waals surface area contributed by atoms with Crippen LogP contribution >= 0.6 is 28.3 Å². The number of rotatable bonds is 3. The van der Waals surface area contributed by atoms with Gasteiger partial charge >= 0.3 is 0 Å². The van der Waals surface area contributed by atoms with E-state index in [-0.39, 0.29) is 12.4 Å². The first-order valence-electron chi connectivity index (χ1n) is 3.06. The molecule has 0 aliphatic carbocycles. The summed E-state index contributed by atoms with van der Waals surface area (Å²) in [6.07, 6.45) is 3.87. The lowest BCUT2D eigenvalue weighted by Gasteiger charge is -2.05. The van der Waals surface area contributed by atoms with Gasteiger partial charge in [0.1, 0.15) is 0 Å². The van der Waals surface area contributed by atoms with Crippen molar-refractivity contribution >= 4 is 34.6 Å². The Labute approximate surface area is 82.9 Å². The Morgan fingerprint density at radius 2 is 2.09 bits per heavy atom. The molecule has 0 aromatic rings. The summed E-state index contributed by atoms with van der Waals surface area (Å²) in [5.74, 6) is 0. The van der Waals surface area contributed by atoms with Crippen LogP contribution in [0.2, 0.25) is 0 Å². The summed E-state index contributed by atoms with van der Waals surface area (Å²) < 4.78 is 0. The van der Waals surface area contributed by atoms with Crippen LogP contribution in [0.4, 0.5) is 0 Å². The zero-order chi connectivity index (χ0) is 7.98. The van der Waals surface area contributed by atoms with Gasteiger partial charge in [0.15, 0.2) is 0 Å². The average molecular weight is 242 g/mol. The summed E-state index contributed by atoms with van der Waals surface area (Å²) in [5, 5.41) is 0.850. The second kappa shape index (κ2) is 8.08.